The molecule has 0 bridgehead atoms. The van der Waals surface area contributed by atoms with E-state index in [1.807, 2.05) is 17.0 Å². The zero-order valence-corrected chi connectivity index (χ0v) is 12.2. The van der Waals surface area contributed by atoms with E-state index in [4.69, 9.17) is 5.73 Å². The highest BCUT2D eigenvalue weighted by Gasteiger charge is 2.25. The van der Waals surface area contributed by atoms with Gasteiger partial charge in [0.2, 0.25) is 5.91 Å². The third-order valence-electron chi connectivity index (χ3n) is 3.48. The van der Waals surface area contributed by atoms with Gasteiger partial charge >= 0.3 is 0 Å². The SMILES string of the molecule is N#Cc1ccc(Br)cc1N(CC(N)=O)C1CCCC1. The van der Waals surface area contributed by atoms with Crippen LogP contribution in [0.2, 0.25) is 0 Å². The van der Waals surface area contributed by atoms with E-state index in [9.17, 15) is 10.1 Å². The van der Waals surface area contributed by atoms with E-state index in [1.165, 1.54) is 0 Å². The molecule has 1 aliphatic rings. The van der Waals surface area contributed by atoms with Crippen molar-refractivity contribution in [2.45, 2.75) is 31.7 Å². The molecule has 5 heteroatoms. The second kappa shape index (κ2) is 6.07. The molecule has 1 fully saturated rings. The van der Waals surface area contributed by atoms with Gasteiger partial charge in [-0.1, -0.05) is 28.8 Å². The van der Waals surface area contributed by atoms with E-state index in [1.54, 1.807) is 6.07 Å². The molecule has 0 atom stereocenters. The van der Waals surface area contributed by atoms with Gasteiger partial charge in [-0.15, -0.1) is 0 Å². The summed E-state index contributed by atoms with van der Waals surface area (Å²) in [5.74, 6) is -0.365. The van der Waals surface area contributed by atoms with Crippen LogP contribution < -0.4 is 10.6 Å². The van der Waals surface area contributed by atoms with Crippen LogP contribution >= 0.6 is 15.9 Å². The highest BCUT2D eigenvalue weighted by molar-refractivity contribution is 9.10. The molecule has 2 rings (SSSR count). The summed E-state index contributed by atoms with van der Waals surface area (Å²) in [6.45, 7) is 0.163. The number of primary amides is 1. The lowest BCUT2D eigenvalue weighted by atomic mass is 10.1. The molecule has 100 valence electrons. The molecule has 2 N–H and O–H groups in total. The van der Waals surface area contributed by atoms with E-state index in [0.717, 1.165) is 35.8 Å². The number of amides is 1. The van der Waals surface area contributed by atoms with Crippen molar-refractivity contribution in [2.75, 3.05) is 11.4 Å². The van der Waals surface area contributed by atoms with E-state index in [-0.39, 0.29) is 12.5 Å². The number of nitrogens with zero attached hydrogens (tertiary/aromatic N) is 2. The Morgan fingerprint density at radius 2 is 2.16 bits per heavy atom. The fraction of sp³-hybridized carbons (Fsp3) is 0.429. The third-order valence-corrected chi connectivity index (χ3v) is 3.97. The third kappa shape index (κ3) is 3.27. The molecule has 0 aliphatic heterocycles. The normalized spacial score (nSPS) is 15.2. The molecular formula is C14H16BrN3O. The van der Waals surface area contributed by atoms with Gasteiger partial charge in [0.05, 0.1) is 17.8 Å². The minimum Gasteiger partial charge on any atom is -0.368 e. The average Bonchev–Trinajstić information content (AvgIpc) is 2.89. The van der Waals surface area contributed by atoms with Crippen LogP contribution in [0, 0.1) is 11.3 Å². The van der Waals surface area contributed by atoms with Crippen LogP contribution in [0.4, 0.5) is 5.69 Å². The molecule has 1 aromatic carbocycles. The number of nitrogens with two attached hydrogens (primary N) is 1. The lowest BCUT2D eigenvalue weighted by molar-refractivity contribution is -0.116. The Hall–Kier alpha value is -1.54. The van der Waals surface area contributed by atoms with Crippen LogP contribution in [-0.4, -0.2) is 18.5 Å². The van der Waals surface area contributed by atoms with Crippen molar-refractivity contribution in [2.24, 2.45) is 5.73 Å². The number of halogens is 1. The number of hydrogen-bond acceptors (Lipinski definition) is 3. The molecule has 0 spiro atoms. The number of hydrogen-bond donors (Lipinski definition) is 1. The van der Waals surface area contributed by atoms with E-state index in [2.05, 4.69) is 22.0 Å². The van der Waals surface area contributed by atoms with Crippen molar-refractivity contribution >= 4 is 27.5 Å². The number of benzene rings is 1. The fourth-order valence-corrected chi connectivity index (χ4v) is 2.98. The Kier molecular flexibility index (Phi) is 4.43. The largest absolute Gasteiger partial charge is 0.368 e. The van der Waals surface area contributed by atoms with Crippen molar-refractivity contribution in [3.05, 3.63) is 28.2 Å². The first-order chi connectivity index (χ1) is 9.11. The molecule has 1 aliphatic carbocycles. The van der Waals surface area contributed by atoms with Gasteiger partial charge in [0.1, 0.15) is 6.07 Å². The Bertz CT molecular complexity index is 518. The van der Waals surface area contributed by atoms with Gasteiger partial charge in [0, 0.05) is 10.5 Å². The lowest BCUT2D eigenvalue weighted by Gasteiger charge is -2.30. The molecule has 4 nitrogen and oxygen atoms in total. The Balaban J connectivity index is 2.39. The van der Waals surface area contributed by atoms with Gasteiger partial charge in [-0.05, 0) is 31.0 Å². The van der Waals surface area contributed by atoms with E-state index >= 15 is 0 Å². The summed E-state index contributed by atoms with van der Waals surface area (Å²) in [7, 11) is 0. The van der Waals surface area contributed by atoms with Crippen molar-refractivity contribution in [1.82, 2.24) is 0 Å². The van der Waals surface area contributed by atoms with Gasteiger partial charge in [0.15, 0.2) is 0 Å². The number of anilines is 1. The van der Waals surface area contributed by atoms with E-state index < -0.39 is 0 Å². The maximum atomic E-state index is 11.3. The highest BCUT2D eigenvalue weighted by Crippen LogP contribution is 2.31. The van der Waals surface area contributed by atoms with Gasteiger partial charge in [-0.2, -0.15) is 5.26 Å². The standard InChI is InChI=1S/C14H16BrN3O/c15-11-6-5-10(8-16)13(7-11)18(9-14(17)19)12-3-1-2-4-12/h5-7,12H,1-4,9H2,(H2,17,19). The molecule has 0 saturated heterocycles. The van der Waals surface area contributed by atoms with Crippen LogP contribution in [0.1, 0.15) is 31.2 Å². The van der Waals surface area contributed by atoms with Crippen molar-refractivity contribution < 1.29 is 4.79 Å². The Labute approximate surface area is 121 Å². The minimum atomic E-state index is -0.365. The molecule has 0 heterocycles. The number of carbonyl (C=O) groups excluding carboxylic acids is 1. The molecule has 0 aromatic heterocycles. The smallest absolute Gasteiger partial charge is 0.236 e. The van der Waals surface area contributed by atoms with Gasteiger partial charge in [-0.3, -0.25) is 4.79 Å². The summed E-state index contributed by atoms with van der Waals surface area (Å²) < 4.78 is 0.897. The summed E-state index contributed by atoms with van der Waals surface area (Å²) in [5, 5.41) is 9.23. The predicted octanol–water partition coefficient (Wildman–Crippen LogP) is 2.56. The van der Waals surface area contributed by atoms with Crippen LogP contribution in [0.25, 0.3) is 0 Å². The van der Waals surface area contributed by atoms with Gasteiger partial charge in [0.25, 0.3) is 0 Å². The monoisotopic (exact) mass is 321 g/mol. The molecule has 0 radical (unpaired) electrons. The van der Waals surface area contributed by atoms with Gasteiger partial charge < -0.3 is 10.6 Å². The summed E-state index contributed by atoms with van der Waals surface area (Å²) in [6, 6.07) is 7.97. The highest BCUT2D eigenvalue weighted by atomic mass is 79.9. The Morgan fingerprint density at radius 3 is 2.74 bits per heavy atom. The topological polar surface area (TPSA) is 70.1 Å². The number of nitriles is 1. The maximum absolute atomic E-state index is 11.3. The van der Waals surface area contributed by atoms with Crippen molar-refractivity contribution in [3.63, 3.8) is 0 Å². The van der Waals surface area contributed by atoms with Crippen LogP contribution in [-0.2, 0) is 4.79 Å². The first kappa shape index (κ1) is 13.9. The maximum Gasteiger partial charge on any atom is 0.236 e. The van der Waals surface area contributed by atoms with Crippen molar-refractivity contribution in [1.29, 1.82) is 5.26 Å². The molecule has 1 amide bonds. The Morgan fingerprint density at radius 1 is 1.47 bits per heavy atom. The summed E-state index contributed by atoms with van der Waals surface area (Å²) in [5.41, 5.74) is 6.73. The number of rotatable bonds is 4. The molecule has 19 heavy (non-hydrogen) atoms. The van der Waals surface area contributed by atoms with Crippen LogP contribution in [0.5, 0.6) is 0 Å². The second-order valence-corrected chi connectivity index (χ2v) is 5.72. The first-order valence-corrected chi connectivity index (χ1v) is 7.15. The zero-order chi connectivity index (χ0) is 13.8. The number of carbonyl (C=O) groups is 1. The summed E-state index contributed by atoms with van der Waals surface area (Å²) >= 11 is 3.42. The second-order valence-electron chi connectivity index (χ2n) is 4.81. The average molecular weight is 322 g/mol. The predicted molar refractivity (Wildman–Crippen MR) is 77.7 cm³/mol. The van der Waals surface area contributed by atoms with Crippen LogP contribution in [0.15, 0.2) is 22.7 Å². The molecular weight excluding hydrogens is 306 g/mol. The van der Waals surface area contributed by atoms with E-state index in [0.29, 0.717) is 11.6 Å². The summed E-state index contributed by atoms with van der Waals surface area (Å²) in [6.07, 6.45) is 4.42. The first-order valence-electron chi connectivity index (χ1n) is 6.36. The minimum absolute atomic E-state index is 0.163. The lowest BCUT2D eigenvalue weighted by Crippen LogP contribution is -2.40. The van der Waals surface area contributed by atoms with Crippen LogP contribution in [0.3, 0.4) is 0 Å². The fourth-order valence-electron chi connectivity index (χ4n) is 2.63. The molecule has 1 saturated carbocycles. The molecule has 0 unspecified atom stereocenters. The molecule has 1 aromatic rings. The van der Waals surface area contributed by atoms with Crippen molar-refractivity contribution in [3.8, 4) is 6.07 Å². The van der Waals surface area contributed by atoms with Gasteiger partial charge in [-0.25, -0.2) is 0 Å². The quantitative estimate of drug-likeness (QED) is 0.926. The zero-order valence-electron chi connectivity index (χ0n) is 10.6. The summed E-state index contributed by atoms with van der Waals surface area (Å²) in [4.78, 5) is 13.3.